The quantitative estimate of drug-likeness (QED) is 0.260. The van der Waals surface area contributed by atoms with Crippen LogP contribution in [0.2, 0.25) is 5.02 Å². The van der Waals surface area contributed by atoms with Crippen LogP contribution < -0.4 is 4.83 Å². The number of nitrogens with one attached hydrogen (secondary N) is 1. The Hall–Kier alpha value is -1.60. The number of carbonyl (C=O) groups is 1. The molecule has 0 fully saturated rings. The van der Waals surface area contributed by atoms with Crippen LogP contribution in [0.15, 0.2) is 23.1 Å². The number of carboxylic acids is 1. The number of rotatable bonds is 8. The number of hydrogen-bond acceptors (Lipinski definition) is 7. The molecule has 1 aromatic rings. The molecule has 0 unspecified atom stereocenters. The van der Waals surface area contributed by atoms with Crippen molar-refractivity contribution in [3.8, 4) is 0 Å². The number of hydrazine groups is 1. The summed E-state index contributed by atoms with van der Waals surface area (Å²) in [7, 11) is -9.51. The smallest absolute Gasteiger partial charge is 0.340 e. The Morgan fingerprint density at radius 1 is 1.42 bits per heavy atom. The lowest BCUT2D eigenvalue weighted by Crippen LogP contribution is -2.45. The lowest BCUT2D eigenvalue weighted by Gasteiger charge is -2.21. The van der Waals surface area contributed by atoms with Crippen LogP contribution in [0.3, 0.4) is 0 Å². The minimum atomic E-state index is -4.81. The van der Waals surface area contributed by atoms with Gasteiger partial charge in [0.1, 0.15) is 12.8 Å². The molecule has 0 amide bonds. The average molecular weight is 404 g/mol. The summed E-state index contributed by atoms with van der Waals surface area (Å²) in [5.41, 5.74) is -0.888. The van der Waals surface area contributed by atoms with Gasteiger partial charge in [-0.2, -0.15) is 0 Å². The largest absolute Gasteiger partial charge is 0.480 e. The molecule has 12 nitrogen and oxygen atoms in total. The molecular weight excluding hydrogens is 393 g/mol. The van der Waals surface area contributed by atoms with Gasteiger partial charge in [-0.3, -0.25) is 19.5 Å². The molecule has 24 heavy (non-hydrogen) atoms. The molecule has 0 saturated carbocycles. The van der Waals surface area contributed by atoms with Crippen LogP contribution in [-0.4, -0.2) is 52.0 Å². The van der Waals surface area contributed by atoms with E-state index in [2.05, 4.69) is 0 Å². The third-order valence-corrected chi connectivity index (χ3v) is 4.71. The van der Waals surface area contributed by atoms with Crippen LogP contribution in [0, 0.1) is 10.1 Å². The van der Waals surface area contributed by atoms with Crippen molar-refractivity contribution >= 4 is 40.9 Å². The maximum Gasteiger partial charge on any atom is 0.340 e. The maximum absolute atomic E-state index is 12.2. The Morgan fingerprint density at radius 3 is 2.46 bits per heavy atom. The maximum atomic E-state index is 12.2. The fraction of sp³-hybridized carbons (Fsp3) is 0.222. The monoisotopic (exact) mass is 403 g/mol. The van der Waals surface area contributed by atoms with Gasteiger partial charge in [-0.15, -0.1) is 4.83 Å². The van der Waals surface area contributed by atoms with Gasteiger partial charge in [0.25, 0.3) is 15.7 Å². The molecule has 4 N–H and O–H groups in total. The van der Waals surface area contributed by atoms with E-state index in [9.17, 15) is 27.9 Å². The molecule has 0 radical (unpaired) electrons. The summed E-state index contributed by atoms with van der Waals surface area (Å²) < 4.78 is 35.4. The molecule has 0 aliphatic heterocycles. The number of benzene rings is 1. The molecule has 1 aromatic carbocycles. The van der Waals surface area contributed by atoms with Crippen LogP contribution in [0.5, 0.6) is 0 Å². The third kappa shape index (κ3) is 6.13. The molecule has 0 aliphatic rings. The molecule has 0 atom stereocenters. The van der Waals surface area contributed by atoms with E-state index in [1.165, 1.54) is 0 Å². The Kier molecular flexibility index (Phi) is 6.41. The summed E-state index contributed by atoms with van der Waals surface area (Å²) in [5, 5.41) is 19.7. The zero-order valence-electron chi connectivity index (χ0n) is 11.6. The fourth-order valence-electron chi connectivity index (χ4n) is 1.58. The van der Waals surface area contributed by atoms with Crippen LogP contribution in [0.4, 0.5) is 5.69 Å². The van der Waals surface area contributed by atoms with E-state index >= 15 is 0 Å². The second kappa shape index (κ2) is 7.53. The number of sulfonamides is 1. The normalized spacial score (nSPS) is 12.3. The van der Waals surface area contributed by atoms with Crippen molar-refractivity contribution in [2.45, 2.75) is 4.90 Å². The minimum absolute atomic E-state index is 0.113. The van der Waals surface area contributed by atoms with E-state index in [-0.39, 0.29) is 10.0 Å². The molecule has 0 bridgehead atoms. The lowest BCUT2D eigenvalue weighted by molar-refractivity contribution is -0.387. The summed E-state index contributed by atoms with van der Waals surface area (Å²) in [6.45, 7) is -1.09. The van der Waals surface area contributed by atoms with Crippen molar-refractivity contribution in [1.29, 1.82) is 0 Å². The molecule has 15 heteroatoms. The van der Waals surface area contributed by atoms with Gasteiger partial charge in [0.05, 0.1) is 4.92 Å². The molecule has 1 rings (SSSR count). The van der Waals surface area contributed by atoms with Gasteiger partial charge in [-0.05, 0) is 12.1 Å². The van der Waals surface area contributed by atoms with E-state index in [0.717, 1.165) is 18.2 Å². The minimum Gasteiger partial charge on any atom is -0.480 e. The second-order valence-electron chi connectivity index (χ2n) is 4.36. The Bertz CT molecular complexity index is 808. The summed E-state index contributed by atoms with van der Waals surface area (Å²) in [6, 6.07) is 2.62. The van der Waals surface area contributed by atoms with Crippen molar-refractivity contribution in [2.24, 2.45) is 0 Å². The van der Waals surface area contributed by atoms with Crippen molar-refractivity contribution in [1.82, 2.24) is 9.84 Å². The predicted molar refractivity (Wildman–Crippen MR) is 79.7 cm³/mol. The summed E-state index contributed by atoms with van der Waals surface area (Å²) in [4.78, 5) is 39.1. The third-order valence-electron chi connectivity index (χ3n) is 2.34. The number of halogens is 1. The number of carboxylic acid groups (broad SMARTS) is 1. The van der Waals surface area contributed by atoms with E-state index < -0.39 is 51.9 Å². The Balaban J connectivity index is 3.25. The van der Waals surface area contributed by atoms with Crippen LogP contribution in [0.1, 0.15) is 0 Å². The highest BCUT2D eigenvalue weighted by Crippen LogP contribution is 2.35. The molecule has 0 saturated heterocycles. The highest BCUT2D eigenvalue weighted by atomic mass is 35.5. The number of aliphatic carboxylic acids is 1. The number of hydrogen-bond donors (Lipinski definition) is 4. The highest BCUT2D eigenvalue weighted by molar-refractivity contribution is 7.89. The molecular formula is C9H11ClN3O9PS. The van der Waals surface area contributed by atoms with Gasteiger partial charge in [-0.25, -0.2) is 13.4 Å². The van der Waals surface area contributed by atoms with Gasteiger partial charge < -0.3 is 14.9 Å². The number of nitrogens with zero attached hydrogens (tertiary/aromatic N) is 2. The van der Waals surface area contributed by atoms with E-state index in [1.54, 1.807) is 4.83 Å². The van der Waals surface area contributed by atoms with Gasteiger partial charge >= 0.3 is 13.6 Å². The van der Waals surface area contributed by atoms with Crippen molar-refractivity contribution in [2.75, 3.05) is 12.8 Å². The molecule has 0 spiro atoms. The lowest BCUT2D eigenvalue weighted by atomic mass is 10.3. The average Bonchev–Trinajstić information content (AvgIpc) is 2.34. The van der Waals surface area contributed by atoms with E-state index in [1.807, 2.05) is 0 Å². The van der Waals surface area contributed by atoms with Gasteiger partial charge in [0.15, 0.2) is 4.90 Å². The Morgan fingerprint density at radius 2 is 2.00 bits per heavy atom. The van der Waals surface area contributed by atoms with Gasteiger partial charge in [0, 0.05) is 11.1 Å². The van der Waals surface area contributed by atoms with Crippen molar-refractivity contribution in [3.05, 3.63) is 33.3 Å². The molecule has 134 valence electrons. The van der Waals surface area contributed by atoms with Crippen LogP contribution >= 0.6 is 19.2 Å². The molecule has 0 aliphatic carbocycles. The van der Waals surface area contributed by atoms with Crippen LogP contribution in [0.25, 0.3) is 0 Å². The zero-order chi connectivity index (χ0) is 18.7. The highest BCUT2D eigenvalue weighted by Gasteiger charge is 2.31. The summed E-state index contributed by atoms with van der Waals surface area (Å²) >= 11 is 5.56. The van der Waals surface area contributed by atoms with Crippen molar-refractivity contribution < 1.29 is 37.6 Å². The standard InChI is InChI=1S/C9H11ClN3O9PS/c10-6-1-2-8(7(3-6)13(16)17)24(21,22)11-12(4-9(14)15)5-23(18,19)20/h1-3,11H,4-5H2,(H,14,15)(H2,18,19,20). The molecule has 0 heterocycles. The Labute approximate surface area is 140 Å². The van der Waals surface area contributed by atoms with E-state index in [0.29, 0.717) is 0 Å². The summed E-state index contributed by atoms with van der Waals surface area (Å²) in [5.74, 6) is -1.59. The first-order chi connectivity index (χ1) is 10.8. The SMILES string of the molecule is O=C(O)CN(CP(=O)(O)O)NS(=O)(=O)c1ccc(Cl)cc1[N+](=O)[O-]. The van der Waals surface area contributed by atoms with Gasteiger partial charge in [0.2, 0.25) is 0 Å². The second-order valence-corrected chi connectivity index (χ2v) is 8.04. The number of nitro benzene ring substituents is 1. The van der Waals surface area contributed by atoms with Gasteiger partial charge in [-0.1, -0.05) is 11.6 Å². The first-order valence-electron chi connectivity index (χ1n) is 5.79. The first-order valence-corrected chi connectivity index (χ1v) is 9.45. The number of nitro groups is 1. The first kappa shape index (κ1) is 20.4. The zero-order valence-corrected chi connectivity index (χ0v) is 14.0. The van der Waals surface area contributed by atoms with E-state index in [4.69, 9.17) is 26.5 Å². The topological polar surface area (TPSA) is 187 Å². The molecule has 0 aromatic heterocycles. The fourth-order valence-corrected chi connectivity index (χ4v) is 3.68. The summed E-state index contributed by atoms with van der Waals surface area (Å²) in [6.07, 6.45) is -1.25. The predicted octanol–water partition coefficient (Wildman–Crippen LogP) is -0.0367. The van der Waals surface area contributed by atoms with Crippen molar-refractivity contribution in [3.63, 3.8) is 0 Å². The van der Waals surface area contributed by atoms with Crippen LogP contribution in [-0.2, 0) is 19.4 Å².